The lowest BCUT2D eigenvalue weighted by atomic mass is 9.96. The molecule has 0 aliphatic carbocycles. The Hall–Kier alpha value is -3.68. The first-order chi connectivity index (χ1) is 19.3. The highest BCUT2D eigenvalue weighted by atomic mass is 35.5. The number of halogens is 1. The van der Waals surface area contributed by atoms with Crippen LogP contribution < -0.4 is 10.6 Å². The average molecular weight is 572 g/mol. The van der Waals surface area contributed by atoms with Crippen LogP contribution >= 0.6 is 23.8 Å². The molecule has 8 heteroatoms. The number of amides is 1. The highest BCUT2D eigenvalue weighted by Gasteiger charge is 2.41. The van der Waals surface area contributed by atoms with Gasteiger partial charge < -0.3 is 20.1 Å². The van der Waals surface area contributed by atoms with E-state index < -0.39 is 0 Å². The zero-order valence-corrected chi connectivity index (χ0v) is 24.8. The smallest absolute Gasteiger partial charge is 0.226 e. The van der Waals surface area contributed by atoms with Crippen LogP contribution in [-0.4, -0.2) is 32.0 Å². The van der Waals surface area contributed by atoms with Gasteiger partial charge in [0, 0.05) is 46.9 Å². The molecular weight excluding hydrogens is 538 g/mol. The predicted octanol–water partition coefficient (Wildman–Crippen LogP) is 7.01. The van der Waals surface area contributed by atoms with Crippen molar-refractivity contribution in [3.63, 3.8) is 0 Å². The summed E-state index contributed by atoms with van der Waals surface area (Å²) in [4.78, 5) is 19.9. The van der Waals surface area contributed by atoms with E-state index in [1.807, 2.05) is 60.7 Å². The molecule has 5 rings (SSSR count). The Morgan fingerprint density at radius 1 is 1.07 bits per heavy atom. The molecule has 0 radical (unpaired) electrons. The van der Waals surface area contributed by atoms with E-state index in [9.17, 15) is 4.79 Å². The summed E-state index contributed by atoms with van der Waals surface area (Å²) in [5.74, 6) is -0.0382. The number of aryl methyl sites for hydroxylation is 3. The van der Waals surface area contributed by atoms with E-state index in [0.29, 0.717) is 23.1 Å². The van der Waals surface area contributed by atoms with Crippen molar-refractivity contribution in [3.05, 3.63) is 112 Å². The monoisotopic (exact) mass is 571 g/mol. The summed E-state index contributed by atoms with van der Waals surface area (Å²) in [6.07, 6.45) is 2.96. The van der Waals surface area contributed by atoms with Gasteiger partial charge in [-0.3, -0.25) is 9.78 Å². The van der Waals surface area contributed by atoms with Gasteiger partial charge in [-0.25, -0.2) is 0 Å². The summed E-state index contributed by atoms with van der Waals surface area (Å²) in [7, 11) is 0. The fraction of sp³-hybridized carbons (Fsp3) is 0.281. The zero-order chi connectivity index (χ0) is 28.4. The second-order valence-electron chi connectivity index (χ2n) is 10.2. The molecule has 40 heavy (non-hydrogen) atoms. The lowest BCUT2D eigenvalue weighted by Crippen LogP contribution is -2.33. The van der Waals surface area contributed by atoms with E-state index >= 15 is 0 Å². The van der Waals surface area contributed by atoms with Crippen molar-refractivity contribution in [2.75, 3.05) is 11.9 Å². The maximum Gasteiger partial charge on any atom is 0.226 e. The number of thiocarbonyl (C=S) groups is 1. The first kappa shape index (κ1) is 27.9. The zero-order valence-electron chi connectivity index (χ0n) is 23.2. The van der Waals surface area contributed by atoms with Gasteiger partial charge in [-0.05, 0) is 92.5 Å². The molecule has 1 aliphatic heterocycles. The number of hydrogen-bond donors (Lipinski definition) is 2. The summed E-state index contributed by atoms with van der Waals surface area (Å²) < 4.78 is 2.25. The second-order valence-corrected chi connectivity index (χ2v) is 11.0. The molecular formula is C32H34ClN5OS. The van der Waals surface area contributed by atoms with Gasteiger partial charge in [-0.1, -0.05) is 48.9 Å². The topological polar surface area (TPSA) is 62.2 Å². The molecule has 1 aliphatic rings. The van der Waals surface area contributed by atoms with Crippen molar-refractivity contribution in [1.82, 2.24) is 19.8 Å². The van der Waals surface area contributed by atoms with Crippen LogP contribution in [0.4, 0.5) is 5.69 Å². The third kappa shape index (κ3) is 5.49. The van der Waals surface area contributed by atoms with E-state index in [4.69, 9.17) is 23.8 Å². The molecule has 6 nitrogen and oxygen atoms in total. The number of carbonyl (C=O) groups excluding carboxylic acids is 1. The van der Waals surface area contributed by atoms with Gasteiger partial charge in [0.1, 0.15) is 0 Å². The maximum absolute atomic E-state index is 13.1. The number of benzene rings is 2. The Morgan fingerprint density at radius 2 is 1.85 bits per heavy atom. The highest BCUT2D eigenvalue weighted by Crippen LogP contribution is 2.41. The van der Waals surface area contributed by atoms with E-state index in [-0.39, 0.29) is 18.0 Å². The molecule has 2 atom stereocenters. The van der Waals surface area contributed by atoms with Crippen LogP contribution in [0.5, 0.6) is 0 Å². The molecule has 0 bridgehead atoms. The molecule has 1 fully saturated rings. The van der Waals surface area contributed by atoms with Crippen molar-refractivity contribution in [3.8, 4) is 5.69 Å². The number of rotatable bonds is 8. The minimum absolute atomic E-state index is 0.0382. The molecule has 0 unspecified atom stereocenters. The molecule has 2 N–H and O–H groups in total. The second kappa shape index (κ2) is 11.8. The number of anilines is 1. The first-order valence-electron chi connectivity index (χ1n) is 13.6. The molecule has 0 spiro atoms. The van der Waals surface area contributed by atoms with Crippen LogP contribution in [0.15, 0.2) is 72.9 Å². The minimum Gasteiger partial charge on any atom is -0.352 e. The van der Waals surface area contributed by atoms with Crippen molar-refractivity contribution in [1.29, 1.82) is 0 Å². The summed E-state index contributed by atoms with van der Waals surface area (Å²) in [5, 5.41) is 7.92. The molecule has 2 aromatic carbocycles. The van der Waals surface area contributed by atoms with Gasteiger partial charge in [0.05, 0.1) is 17.8 Å². The quantitative estimate of drug-likeness (QED) is 0.223. The Morgan fingerprint density at radius 3 is 2.60 bits per heavy atom. The lowest BCUT2D eigenvalue weighted by Gasteiger charge is -2.28. The first-order valence-corrected chi connectivity index (χ1v) is 14.4. The largest absolute Gasteiger partial charge is 0.352 e. The van der Waals surface area contributed by atoms with E-state index in [1.165, 1.54) is 0 Å². The molecule has 2 aromatic heterocycles. The van der Waals surface area contributed by atoms with Gasteiger partial charge in [0.2, 0.25) is 5.91 Å². The number of nitrogens with zero attached hydrogens (tertiary/aromatic N) is 3. The molecule has 206 valence electrons. The van der Waals surface area contributed by atoms with Gasteiger partial charge in [-0.2, -0.15) is 0 Å². The Bertz CT molecular complexity index is 1550. The molecule has 1 saturated heterocycles. The lowest BCUT2D eigenvalue weighted by molar-refractivity contribution is -0.116. The fourth-order valence-corrected chi connectivity index (χ4v) is 6.15. The van der Waals surface area contributed by atoms with E-state index in [0.717, 1.165) is 51.6 Å². The normalized spacial score (nSPS) is 16.7. The molecule has 3 heterocycles. The average Bonchev–Trinajstić information content (AvgIpc) is 3.43. The third-order valence-corrected chi connectivity index (χ3v) is 8.24. The van der Waals surface area contributed by atoms with Gasteiger partial charge in [0.25, 0.3) is 0 Å². The van der Waals surface area contributed by atoms with Gasteiger partial charge in [-0.15, -0.1) is 0 Å². The summed E-state index contributed by atoms with van der Waals surface area (Å²) in [6, 6.07) is 21.7. The van der Waals surface area contributed by atoms with Crippen molar-refractivity contribution in [2.45, 2.75) is 52.6 Å². The number of hydrogen-bond acceptors (Lipinski definition) is 3. The fourth-order valence-electron chi connectivity index (χ4n) is 5.65. The van der Waals surface area contributed by atoms with E-state index in [1.54, 1.807) is 6.20 Å². The predicted molar refractivity (Wildman–Crippen MR) is 166 cm³/mol. The van der Waals surface area contributed by atoms with Crippen LogP contribution in [0.3, 0.4) is 0 Å². The van der Waals surface area contributed by atoms with Crippen LogP contribution in [-0.2, 0) is 11.2 Å². The molecule has 0 saturated carbocycles. The summed E-state index contributed by atoms with van der Waals surface area (Å²) in [5.41, 5.74) is 8.42. The number of aromatic nitrogens is 2. The summed E-state index contributed by atoms with van der Waals surface area (Å²) >= 11 is 12.3. The molecule has 4 aromatic rings. The maximum atomic E-state index is 13.1. The van der Waals surface area contributed by atoms with Crippen LogP contribution in [0.2, 0.25) is 5.02 Å². The summed E-state index contributed by atoms with van der Waals surface area (Å²) in [6.45, 7) is 8.89. The number of nitrogens with one attached hydrogen (secondary N) is 2. The van der Waals surface area contributed by atoms with E-state index in [2.05, 4.69) is 58.8 Å². The van der Waals surface area contributed by atoms with Crippen LogP contribution in [0, 0.1) is 20.8 Å². The number of pyridine rings is 1. The van der Waals surface area contributed by atoms with Crippen molar-refractivity contribution < 1.29 is 4.79 Å². The molecule has 1 amide bonds. The van der Waals surface area contributed by atoms with Crippen LogP contribution in [0.25, 0.3) is 5.69 Å². The van der Waals surface area contributed by atoms with Crippen molar-refractivity contribution in [2.24, 2.45) is 0 Å². The third-order valence-electron chi connectivity index (χ3n) is 7.65. The Kier molecular flexibility index (Phi) is 8.24. The minimum atomic E-state index is -0.160. The van der Waals surface area contributed by atoms with Gasteiger partial charge in [0.15, 0.2) is 5.11 Å². The SMILES string of the molecule is CCc1ccccc1NC(=O)CCN1C(=S)N[C@H](c2ccccn2)[C@@H]1c1cc(C)n(-c2cc(Cl)ccc2C)c1C. The van der Waals surface area contributed by atoms with Crippen molar-refractivity contribution >= 4 is 40.5 Å². The number of carbonyl (C=O) groups is 1. The van der Waals surface area contributed by atoms with Gasteiger partial charge >= 0.3 is 0 Å². The highest BCUT2D eigenvalue weighted by molar-refractivity contribution is 7.80. The van der Waals surface area contributed by atoms with Crippen LogP contribution in [0.1, 0.15) is 59.2 Å². The Labute approximate surface area is 246 Å². The number of para-hydroxylation sites is 1. The Balaban J connectivity index is 1.49. The standard InChI is InChI=1S/C32H34ClN5OS/c1-5-23-10-6-7-11-26(23)35-29(39)15-17-37-31(30(36-32(37)40)27-12-8-9-16-34-27)25-18-21(3)38(22(25)4)28-19-24(33)14-13-20(28)2/h6-14,16,18-19,30-31H,5,15,17H2,1-4H3,(H,35,39)(H,36,40)/t30-,31+/m1/s1.